The molecule has 7 heteroatoms. The number of aryl methyl sites for hydroxylation is 1. The standard InChI is InChI=1S/C22H26N2O5/c1-14-5-7-15(8-6-14)12-24-13-16(9-20(24)25)22(26)23-17-10-18(27-2)21(29-4)19(11-17)28-3/h5-8,10-11,16H,9,12-13H2,1-4H3,(H,23,26). The number of ether oxygens (including phenoxy) is 3. The van der Waals surface area contributed by atoms with Gasteiger partial charge >= 0.3 is 0 Å². The smallest absolute Gasteiger partial charge is 0.229 e. The number of hydrogen-bond acceptors (Lipinski definition) is 5. The molecule has 1 aliphatic heterocycles. The Balaban J connectivity index is 1.68. The Bertz CT molecular complexity index is 870. The summed E-state index contributed by atoms with van der Waals surface area (Å²) in [5.74, 6) is 0.714. The van der Waals surface area contributed by atoms with Gasteiger partial charge in [-0.05, 0) is 12.5 Å². The maximum Gasteiger partial charge on any atom is 0.229 e. The fourth-order valence-corrected chi connectivity index (χ4v) is 3.41. The van der Waals surface area contributed by atoms with Gasteiger partial charge in [0.15, 0.2) is 11.5 Å². The van der Waals surface area contributed by atoms with Crippen LogP contribution in [0.1, 0.15) is 17.5 Å². The van der Waals surface area contributed by atoms with Crippen LogP contribution in [-0.2, 0) is 16.1 Å². The summed E-state index contributed by atoms with van der Waals surface area (Å²) >= 11 is 0. The van der Waals surface area contributed by atoms with Crippen molar-refractivity contribution in [2.45, 2.75) is 19.9 Å². The molecular weight excluding hydrogens is 372 g/mol. The van der Waals surface area contributed by atoms with Crippen LogP contribution in [0.25, 0.3) is 0 Å². The molecule has 7 nitrogen and oxygen atoms in total. The van der Waals surface area contributed by atoms with Crippen LogP contribution in [0.3, 0.4) is 0 Å². The van der Waals surface area contributed by atoms with E-state index in [9.17, 15) is 9.59 Å². The lowest BCUT2D eigenvalue weighted by atomic mass is 10.1. The number of amides is 2. The van der Waals surface area contributed by atoms with Crippen LogP contribution in [0, 0.1) is 12.8 Å². The molecule has 1 atom stereocenters. The zero-order chi connectivity index (χ0) is 21.0. The fourth-order valence-electron chi connectivity index (χ4n) is 3.41. The van der Waals surface area contributed by atoms with Crippen molar-refractivity contribution in [2.24, 2.45) is 5.92 Å². The van der Waals surface area contributed by atoms with E-state index in [1.165, 1.54) is 26.9 Å². The first kappa shape index (κ1) is 20.5. The quantitative estimate of drug-likeness (QED) is 0.776. The summed E-state index contributed by atoms with van der Waals surface area (Å²) in [7, 11) is 4.55. The first-order chi connectivity index (χ1) is 13.9. The van der Waals surface area contributed by atoms with Crippen molar-refractivity contribution in [1.82, 2.24) is 4.90 Å². The molecule has 154 valence electrons. The summed E-state index contributed by atoms with van der Waals surface area (Å²) in [4.78, 5) is 26.9. The minimum absolute atomic E-state index is 0.0179. The second kappa shape index (κ2) is 8.86. The maximum atomic E-state index is 12.8. The third-order valence-electron chi connectivity index (χ3n) is 5.01. The van der Waals surface area contributed by atoms with E-state index in [0.717, 1.165) is 5.56 Å². The monoisotopic (exact) mass is 398 g/mol. The van der Waals surface area contributed by atoms with E-state index >= 15 is 0 Å². The largest absolute Gasteiger partial charge is 0.493 e. The highest BCUT2D eigenvalue weighted by atomic mass is 16.5. The zero-order valence-electron chi connectivity index (χ0n) is 17.2. The normalized spacial score (nSPS) is 15.9. The summed E-state index contributed by atoms with van der Waals surface area (Å²) in [6, 6.07) is 11.4. The van der Waals surface area contributed by atoms with Crippen molar-refractivity contribution in [2.75, 3.05) is 33.2 Å². The number of likely N-dealkylation sites (tertiary alicyclic amines) is 1. The highest BCUT2D eigenvalue weighted by molar-refractivity contribution is 5.97. The molecule has 0 bridgehead atoms. The van der Waals surface area contributed by atoms with Crippen molar-refractivity contribution in [3.05, 3.63) is 47.5 Å². The number of nitrogens with one attached hydrogen (secondary N) is 1. The van der Waals surface area contributed by atoms with Gasteiger partial charge in [0.1, 0.15) is 0 Å². The molecule has 1 unspecified atom stereocenters. The maximum absolute atomic E-state index is 12.8. The molecule has 1 fully saturated rings. The third kappa shape index (κ3) is 4.62. The number of hydrogen-bond donors (Lipinski definition) is 1. The molecule has 0 aliphatic carbocycles. The number of anilines is 1. The number of nitrogens with zero attached hydrogens (tertiary/aromatic N) is 1. The molecule has 0 saturated carbocycles. The lowest BCUT2D eigenvalue weighted by Crippen LogP contribution is -2.28. The molecule has 1 heterocycles. The predicted molar refractivity (Wildman–Crippen MR) is 109 cm³/mol. The second-order valence-electron chi connectivity index (χ2n) is 7.06. The van der Waals surface area contributed by atoms with E-state index in [1.807, 2.05) is 31.2 Å². The van der Waals surface area contributed by atoms with Crippen LogP contribution in [-0.4, -0.2) is 44.6 Å². The van der Waals surface area contributed by atoms with E-state index < -0.39 is 5.92 Å². The van der Waals surface area contributed by atoms with Gasteiger partial charge in [0, 0.05) is 37.3 Å². The molecule has 0 spiro atoms. The molecular formula is C22H26N2O5. The Kier molecular flexibility index (Phi) is 6.26. The highest BCUT2D eigenvalue weighted by Crippen LogP contribution is 2.40. The van der Waals surface area contributed by atoms with Gasteiger partial charge < -0.3 is 24.4 Å². The lowest BCUT2D eigenvalue weighted by Gasteiger charge is -2.17. The summed E-state index contributed by atoms with van der Waals surface area (Å²) < 4.78 is 15.9. The number of carbonyl (C=O) groups is 2. The average Bonchev–Trinajstić information content (AvgIpc) is 3.09. The molecule has 1 N–H and O–H groups in total. The van der Waals surface area contributed by atoms with Crippen LogP contribution in [0.2, 0.25) is 0 Å². The van der Waals surface area contributed by atoms with Crippen LogP contribution >= 0.6 is 0 Å². The molecule has 2 aromatic carbocycles. The van der Waals surface area contributed by atoms with Gasteiger partial charge in [0.2, 0.25) is 17.6 Å². The van der Waals surface area contributed by atoms with Crippen molar-refractivity contribution >= 4 is 17.5 Å². The van der Waals surface area contributed by atoms with Crippen molar-refractivity contribution < 1.29 is 23.8 Å². The number of benzene rings is 2. The molecule has 2 aromatic rings. The SMILES string of the molecule is COc1cc(NC(=O)C2CC(=O)N(Cc3ccc(C)cc3)C2)cc(OC)c1OC. The molecule has 29 heavy (non-hydrogen) atoms. The van der Waals surface area contributed by atoms with Crippen LogP contribution in [0.4, 0.5) is 5.69 Å². The molecule has 1 saturated heterocycles. The van der Waals surface area contributed by atoms with Crippen molar-refractivity contribution in [1.29, 1.82) is 0 Å². The topological polar surface area (TPSA) is 77.1 Å². The van der Waals surface area contributed by atoms with Crippen LogP contribution in [0.5, 0.6) is 17.2 Å². The first-order valence-corrected chi connectivity index (χ1v) is 9.39. The first-order valence-electron chi connectivity index (χ1n) is 9.39. The third-order valence-corrected chi connectivity index (χ3v) is 5.01. The van der Waals surface area contributed by atoms with Crippen LogP contribution in [0.15, 0.2) is 36.4 Å². The van der Waals surface area contributed by atoms with E-state index in [1.54, 1.807) is 17.0 Å². The fraction of sp³-hybridized carbons (Fsp3) is 0.364. The lowest BCUT2D eigenvalue weighted by molar-refractivity contribution is -0.128. The van der Waals surface area contributed by atoms with E-state index in [4.69, 9.17) is 14.2 Å². The minimum atomic E-state index is -0.410. The van der Waals surface area contributed by atoms with Crippen LogP contribution < -0.4 is 19.5 Å². The highest BCUT2D eigenvalue weighted by Gasteiger charge is 2.34. The van der Waals surface area contributed by atoms with Gasteiger partial charge in [-0.25, -0.2) is 0 Å². The number of methoxy groups -OCH3 is 3. The van der Waals surface area contributed by atoms with Gasteiger partial charge in [-0.1, -0.05) is 29.8 Å². The molecule has 1 aliphatic rings. The van der Waals surface area contributed by atoms with Gasteiger partial charge in [-0.3, -0.25) is 9.59 Å². The minimum Gasteiger partial charge on any atom is -0.493 e. The average molecular weight is 398 g/mol. The molecule has 3 rings (SSSR count). The molecule has 2 amide bonds. The zero-order valence-corrected chi connectivity index (χ0v) is 17.2. The number of carbonyl (C=O) groups excluding carboxylic acids is 2. The predicted octanol–water partition coefficient (Wildman–Crippen LogP) is 3.01. The Labute approximate surface area is 170 Å². The summed E-state index contributed by atoms with van der Waals surface area (Å²) in [5.41, 5.74) is 2.74. The summed E-state index contributed by atoms with van der Waals surface area (Å²) in [6.07, 6.45) is 0.197. The Morgan fingerprint density at radius 1 is 1.07 bits per heavy atom. The van der Waals surface area contributed by atoms with E-state index in [-0.39, 0.29) is 18.2 Å². The molecule has 0 aromatic heterocycles. The Morgan fingerprint density at radius 3 is 2.24 bits per heavy atom. The van der Waals surface area contributed by atoms with Crippen molar-refractivity contribution in [3.8, 4) is 17.2 Å². The summed E-state index contributed by atoms with van der Waals surface area (Å²) in [5, 5.41) is 2.86. The van der Waals surface area contributed by atoms with Gasteiger partial charge in [0.25, 0.3) is 0 Å². The van der Waals surface area contributed by atoms with Gasteiger partial charge in [-0.2, -0.15) is 0 Å². The van der Waals surface area contributed by atoms with Crippen molar-refractivity contribution in [3.63, 3.8) is 0 Å². The van der Waals surface area contributed by atoms with E-state index in [0.29, 0.717) is 36.0 Å². The second-order valence-corrected chi connectivity index (χ2v) is 7.06. The number of rotatable bonds is 7. The Morgan fingerprint density at radius 2 is 1.69 bits per heavy atom. The summed E-state index contributed by atoms with van der Waals surface area (Å²) in [6.45, 7) is 2.92. The Hall–Kier alpha value is -3.22. The van der Waals surface area contributed by atoms with E-state index in [2.05, 4.69) is 5.32 Å². The molecule has 0 radical (unpaired) electrons. The van der Waals surface area contributed by atoms with Gasteiger partial charge in [0.05, 0.1) is 27.2 Å². The van der Waals surface area contributed by atoms with Gasteiger partial charge in [-0.15, -0.1) is 0 Å².